The maximum atomic E-state index is 10.9. The monoisotopic (exact) mass is 1550 g/mol. The van der Waals surface area contributed by atoms with Gasteiger partial charge in [0.15, 0.2) is 11.5 Å². The number of carbonyl (C=O) groups is 2. The molecule has 0 aliphatic carbocycles. The zero-order valence-electron chi connectivity index (χ0n) is 23.8. The van der Waals surface area contributed by atoms with Crippen molar-refractivity contribution >= 4 is 193 Å². The Morgan fingerprint density at radius 1 is 0.521 bits per heavy atom. The summed E-state index contributed by atoms with van der Waals surface area (Å²) in [6.45, 7) is 0. The number of aliphatic carboxylic acids is 2. The lowest BCUT2D eigenvalue weighted by atomic mass is 10.1. The third-order valence-corrected chi connectivity index (χ3v) is 12.6. The molecule has 0 spiro atoms. The van der Waals surface area contributed by atoms with Crippen molar-refractivity contribution in [2.75, 3.05) is 0 Å². The number of halogens is 8. The molecule has 0 aromatic heterocycles. The molecule has 10 nitrogen and oxygen atoms in total. The van der Waals surface area contributed by atoms with Crippen molar-refractivity contribution in [2.24, 2.45) is 11.5 Å². The maximum absolute atomic E-state index is 10.9. The number of aromatic hydroxyl groups is 2. The molecular weight excluding hydrogens is 1530 g/mol. The molecule has 8 N–H and O–H groups in total. The van der Waals surface area contributed by atoms with Gasteiger partial charge in [0.25, 0.3) is 0 Å². The van der Waals surface area contributed by atoms with Crippen molar-refractivity contribution in [3.05, 3.63) is 88.2 Å². The molecule has 0 fully saturated rings. The van der Waals surface area contributed by atoms with Crippen LogP contribution in [0.15, 0.2) is 48.5 Å². The van der Waals surface area contributed by atoms with Gasteiger partial charge in [-0.2, -0.15) is 0 Å². The summed E-state index contributed by atoms with van der Waals surface area (Å²) in [6.07, 6.45) is 0.521. The van der Waals surface area contributed by atoms with Crippen molar-refractivity contribution in [3.63, 3.8) is 0 Å². The van der Waals surface area contributed by atoms with E-state index >= 15 is 0 Å². The van der Waals surface area contributed by atoms with E-state index in [2.05, 4.69) is 181 Å². The molecule has 0 radical (unpaired) electrons. The average molecular weight is 1550 g/mol. The summed E-state index contributed by atoms with van der Waals surface area (Å²) in [5.41, 5.74) is 12.9. The molecule has 4 aromatic rings. The molecule has 0 aliphatic rings. The third kappa shape index (κ3) is 12.4. The first-order valence-corrected chi connectivity index (χ1v) is 21.6. The second kappa shape index (κ2) is 19.7. The smallest absolute Gasteiger partial charge is 0.320 e. The topological polar surface area (TPSA) is 186 Å². The van der Waals surface area contributed by atoms with E-state index in [0.29, 0.717) is 37.3 Å². The standard InChI is InChI=1S/2C15H11I4NO4/c2*16-8-4-7(5-9(17)13(8)21)24-14-10(18)1-6(2-11(14)19)3-12(20)15(22)23/h2*1-2,4-5,12,21H,3,20H2,(H,22,23)/t2*12-/m11/s1. The minimum atomic E-state index is -1.02. The fourth-order valence-electron chi connectivity index (χ4n) is 3.78. The Bertz CT molecular complexity index is 1640. The van der Waals surface area contributed by atoms with Crippen LogP contribution in [0.3, 0.4) is 0 Å². The molecular formula is C30H22I8N2O8. The summed E-state index contributed by atoms with van der Waals surface area (Å²) < 4.78 is 18.3. The Kier molecular flexibility index (Phi) is 17.8. The van der Waals surface area contributed by atoms with E-state index in [1.807, 2.05) is 24.3 Å². The second-order valence-electron chi connectivity index (χ2n) is 9.75. The Balaban J connectivity index is 0.000000260. The Labute approximate surface area is 384 Å². The molecule has 0 aliphatic heterocycles. The van der Waals surface area contributed by atoms with E-state index in [-0.39, 0.29) is 24.3 Å². The molecule has 0 saturated heterocycles. The lowest BCUT2D eigenvalue weighted by Crippen LogP contribution is -2.32. The fraction of sp³-hybridized carbons (Fsp3) is 0.133. The average Bonchev–Trinajstić information content (AvgIpc) is 2.98. The minimum Gasteiger partial charge on any atom is -0.506 e. The summed E-state index contributed by atoms with van der Waals surface area (Å²) in [7, 11) is 0. The van der Waals surface area contributed by atoms with E-state index in [4.69, 9.17) is 31.2 Å². The van der Waals surface area contributed by atoms with Gasteiger partial charge in [-0.3, -0.25) is 9.59 Å². The SMILES string of the molecule is N[C@H](Cc1cc(I)c(Oc2cc(I)c(O)c(I)c2)c(I)c1)C(=O)O.N[C@H](Cc1cc(I)c(Oc2cc(I)c(O)c(I)c2)c(I)c1)C(=O)O. The lowest BCUT2D eigenvalue weighted by Gasteiger charge is -2.14. The number of hydrogen-bond donors (Lipinski definition) is 6. The number of carboxylic acid groups (broad SMARTS) is 2. The van der Waals surface area contributed by atoms with Crippen molar-refractivity contribution in [2.45, 2.75) is 24.9 Å². The second-order valence-corrected chi connectivity index (χ2v) is 19.0. The summed E-state index contributed by atoms with van der Waals surface area (Å²) >= 11 is 16.8. The highest BCUT2D eigenvalue weighted by molar-refractivity contribution is 14.1. The van der Waals surface area contributed by atoms with Crippen LogP contribution in [0.4, 0.5) is 0 Å². The number of phenols is 2. The van der Waals surface area contributed by atoms with Gasteiger partial charge in [0.1, 0.15) is 35.1 Å². The van der Waals surface area contributed by atoms with Gasteiger partial charge >= 0.3 is 11.9 Å². The van der Waals surface area contributed by atoms with Gasteiger partial charge in [0.2, 0.25) is 0 Å². The highest BCUT2D eigenvalue weighted by Gasteiger charge is 2.18. The maximum Gasteiger partial charge on any atom is 0.320 e. The van der Waals surface area contributed by atoms with Crippen LogP contribution in [0.25, 0.3) is 0 Å². The largest absolute Gasteiger partial charge is 0.506 e. The summed E-state index contributed by atoms with van der Waals surface area (Å²) in [5, 5.41) is 37.5. The molecule has 0 heterocycles. The van der Waals surface area contributed by atoms with Gasteiger partial charge in [-0.25, -0.2) is 0 Å². The van der Waals surface area contributed by atoms with Gasteiger partial charge in [-0.05, 0) is 253 Å². The van der Waals surface area contributed by atoms with Gasteiger partial charge < -0.3 is 41.4 Å². The number of carboxylic acids is 2. The zero-order chi connectivity index (χ0) is 36.0. The van der Waals surface area contributed by atoms with E-state index in [1.165, 1.54) is 0 Å². The van der Waals surface area contributed by atoms with E-state index in [1.54, 1.807) is 24.3 Å². The molecule has 4 rings (SSSR count). The number of hydrogen-bond acceptors (Lipinski definition) is 8. The molecule has 2 atom stereocenters. The predicted molar refractivity (Wildman–Crippen MR) is 250 cm³/mol. The fourth-order valence-corrected chi connectivity index (χ4v) is 11.4. The van der Waals surface area contributed by atoms with Crippen molar-refractivity contribution in [1.82, 2.24) is 0 Å². The molecule has 0 saturated carbocycles. The van der Waals surface area contributed by atoms with Crippen LogP contribution in [-0.4, -0.2) is 44.4 Å². The summed E-state index contributed by atoms with van der Waals surface area (Å²) in [4.78, 5) is 21.8. The first kappa shape index (κ1) is 43.2. The van der Waals surface area contributed by atoms with E-state index in [0.717, 1.165) is 25.4 Å². The van der Waals surface area contributed by atoms with Crippen molar-refractivity contribution < 1.29 is 39.5 Å². The Morgan fingerprint density at radius 3 is 1.00 bits per heavy atom. The zero-order valence-corrected chi connectivity index (χ0v) is 41.0. The van der Waals surface area contributed by atoms with Crippen LogP contribution in [0.5, 0.6) is 34.5 Å². The number of phenolic OH excluding ortho intramolecular Hbond substituents is 2. The summed E-state index contributed by atoms with van der Waals surface area (Å²) in [5.74, 6) is 1.10. The number of benzene rings is 4. The first-order valence-electron chi connectivity index (χ1n) is 13.0. The lowest BCUT2D eigenvalue weighted by molar-refractivity contribution is -0.139. The summed E-state index contributed by atoms with van der Waals surface area (Å²) in [6, 6.07) is 12.7. The minimum absolute atomic E-state index is 0.242. The molecule has 0 bridgehead atoms. The van der Waals surface area contributed by atoms with Crippen LogP contribution in [0.1, 0.15) is 11.1 Å². The van der Waals surface area contributed by atoms with Gasteiger partial charge in [0.05, 0.1) is 28.6 Å². The van der Waals surface area contributed by atoms with Gasteiger partial charge in [-0.1, -0.05) is 0 Å². The van der Waals surface area contributed by atoms with E-state index < -0.39 is 24.0 Å². The highest BCUT2D eigenvalue weighted by atomic mass is 127. The van der Waals surface area contributed by atoms with Crippen LogP contribution < -0.4 is 20.9 Å². The molecule has 4 aromatic carbocycles. The Hall–Kier alpha value is 0.780. The number of rotatable bonds is 10. The molecule has 0 unspecified atom stereocenters. The normalized spacial score (nSPS) is 12.0. The van der Waals surface area contributed by atoms with Crippen LogP contribution in [-0.2, 0) is 22.4 Å². The number of ether oxygens (including phenoxy) is 2. The van der Waals surface area contributed by atoms with Gasteiger partial charge in [0, 0.05) is 0 Å². The third-order valence-electron chi connectivity index (χ3n) is 6.08. The number of nitrogens with two attached hydrogens (primary N) is 2. The van der Waals surface area contributed by atoms with Crippen LogP contribution >= 0.6 is 181 Å². The predicted octanol–water partition coefficient (Wildman–Crippen LogP) is 9.11. The van der Waals surface area contributed by atoms with Crippen molar-refractivity contribution in [1.29, 1.82) is 0 Å². The van der Waals surface area contributed by atoms with E-state index in [9.17, 15) is 19.8 Å². The first-order chi connectivity index (χ1) is 22.4. The molecule has 48 heavy (non-hydrogen) atoms. The van der Waals surface area contributed by atoms with Crippen molar-refractivity contribution in [3.8, 4) is 34.5 Å². The van der Waals surface area contributed by atoms with Crippen LogP contribution in [0.2, 0.25) is 0 Å². The molecule has 18 heteroatoms. The quantitative estimate of drug-likeness (QED) is 0.0838. The molecule has 256 valence electrons. The molecule has 0 amide bonds. The Morgan fingerprint density at radius 2 is 0.771 bits per heavy atom. The van der Waals surface area contributed by atoms with Gasteiger partial charge in [-0.15, -0.1) is 0 Å². The van der Waals surface area contributed by atoms with Crippen LogP contribution in [0, 0.1) is 28.6 Å². The highest BCUT2D eigenvalue weighted by Crippen LogP contribution is 2.38.